The first-order chi connectivity index (χ1) is 8.10. The summed E-state index contributed by atoms with van der Waals surface area (Å²) >= 11 is 0. The summed E-state index contributed by atoms with van der Waals surface area (Å²) in [5.41, 5.74) is 0. The van der Waals surface area contributed by atoms with Gasteiger partial charge < -0.3 is 9.64 Å². The van der Waals surface area contributed by atoms with Crippen LogP contribution in [0.3, 0.4) is 0 Å². The zero-order valence-electron chi connectivity index (χ0n) is 9.56. The van der Waals surface area contributed by atoms with Gasteiger partial charge in [-0.25, -0.2) is 5.10 Å². The number of ether oxygens (including phenoxy) is 1. The first-order valence-electron chi connectivity index (χ1n) is 5.11. The van der Waals surface area contributed by atoms with E-state index >= 15 is 0 Å². The van der Waals surface area contributed by atoms with Crippen molar-refractivity contribution >= 4 is 17.8 Å². The molecule has 0 aliphatic carbocycles. The number of carbonyl (C=O) groups is 2. The van der Waals surface area contributed by atoms with Crippen LogP contribution in [0, 0.1) is 5.92 Å². The Morgan fingerprint density at radius 1 is 1.65 bits per heavy atom. The lowest BCUT2D eigenvalue weighted by Crippen LogP contribution is -2.26. The molecule has 2 heterocycles. The van der Waals surface area contributed by atoms with E-state index in [1.165, 1.54) is 12.0 Å². The second-order valence-corrected chi connectivity index (χ2v) is 3.84. The van der Waals surface area contributed by atoms with Gasteiger partial charge in [0.1, 0.15) is 0 Å². The topological polar surface area (TPSA) is 100 Å². The molecule has 17 heavy (non-hydrogen) atoms. The quantitative estimate of drug-likeness (QED) is 0.721. The van der Waals surface area contributed by atoms with Gasteiger partial charge >= 0.3 is 6.01 Å². The largest absolute Gasteiger partial charge is 0.466 e. The molecule has 1 aliphatic heterocycles. The predicted octanol–water partition coefficient (Wildman–Crippen LogP) is -0.770. The van der Waals surface area contributed by atoms with Crippen molar-refractivity contribution in [3.05, 3.63) is 0 Å². The van der Waals surface area contributed by atoms with Crippen LogP contribution in [0.15, 0.2) is 0 Å². The molecule has 1 atom stereocenters. The van der Waals surface area contributed by atoms with E-state index in [1.54, 1.807) is 7.05 Å². The Morgan fingerprint density at radius 2 is 2.41 bits per heavy atom. The summed E-state index contributed by atoms with van der Waals surface area (Å²) < 4.78 is 4.77. The van der Waals surface area contributed by atoms with Gasteiger partial charge in [0.05, 0.1) is 13.0 Å². The van der Waals surface area contributed by atoms with E-state index in [1.807, 2.05) is 0 Å². The summed E-state index contributed by atoms with van der Waals surface area (Å²) in [5.74, 6) is -0.403. The number of hydrogen-bond donors (Lipinski definition) is 2. The summed E-state index contributed by atoms with van der Waals surface area (Å²) in [7, 11) is 3.10. The Morgan fingerprint density at radius 3 is 2.94 bits per heavy atom. The summed E-state index contributed by atoms with van der Waals surface area (Å²) in [4.78, 5) is 28.5. The Kier molecular flexibility index (Phi) is 2.94. The highest BCUT2D eigenvalue weighted by molar-refractivity contribution is 5.96. The maximum absolute atomic E-state index is 11.8. The molecule has 1 aromatic rings. The second-order valence-electron chi connectivity index (χ2n) is 3.84. The standard InChI is InChI=1S/C9H13N5O3/c1-14-4-5(3-6(14)15)7(16)10-8-11-9(17-2)13-12-8/h5H,3-4H2,1-2H3,(H2,10,11,12,13,16). The van der Waals surface area contributed by atoms with Crippen LogP contribution in [0.25, 0.3) is 0 Å². The Labute approximate surface area is 97.3 Å². The van der Waals surface area contributed by atoms with Gasteiger partial charge in [-0.2, -0.15) is 4.98 Å². The van der Waals surface area contributed by atoms with E-state index in [4.69, 9.17) is 4.74 Å². The zero-order valence-corrected chi connectivity index (χ0v) is 9.56. The molecule has 0 spiro atoms. The Hall–Kier alpha value is -2.12. The molecule has 8 heteroatoms. The number of rotatable bonds is 3. The van der Waals surface area contributed by atoms with Gasteiger partial charge in [0.25, 0.3) is 0 Å². The highest BCUT2D eigenvalue weighted by Gasteiger charge is 2.32. The minimum absolute atomic E-state index is 0.0275. The molecule has 2 amide bonds. The van der Waals surface area contributed by atoms with Crippen molar-refractivity contribution in [3.8, 4) is 6.01 Å². The normalized spacial score (nSPS) is 19.5. The van der Waals surface area contributed by atoms with Crippen molar-refractivity contribution in [2.75, 3.05) is 26.0 Å². The molecule has 8 nitrogen and oxygen atoms in total. The molecule has 1 saturated heterocycles. The van der Waals surface area contributed by atoms with Crippen molar-refractivity contribution in [2.24, 2.45) is 5.92 Å². The average Bonchev–Trinajstić information content (AvgIpc) is 2.87. The molecule has 0 saturated carbocycles. The molecular weight excluding hydrogens is 226 g/mol. The maximum Gasteiger partial charge on any atom is 0.336 e. The lowest BCUT2D eigenvalue weighted by Gasteiger charge is -2.08. The number of nitrogens with one attached hydrogen (secondary N) is 2. The van der Waals surface area contributed by atoms with Crippen LogP contribution < -0.4 is 10.1 Å². The smallest absolute Gasteiger partial charge is 0.336 e. The number of carbonyl (C=O) groups excluding carboxylic acids is 2. The predicted molar refractivity (Wildman–Crippen MR) is 57.3 cm³/mol. The van der Waals surface area contributed by atoms with E-state index in [0.29, 0.717) is 6.54 Å². The fraction of sp³-hybridized carbons (Fsp3) is 0.556. The van der Waals surface area contributed by atoms with Crippen LogP contribution in [0.1, 0.15) is 6.42 Å². The first kappa shape index (κ1) is 11.4. The summed E-state index contributed by atoms with van der Waals surface area (Å²) in [6, 6.07) is 0.153. The summed E-state index contributed by atoms with van der Waals surface area (Å²) in [6.45, 7) is 0.427. The lowest BCUT2D eigenvalue weighted by molar-refractivity contribution is -0.127. The SMILES string of the molecule is COc1n[nH]c(NC(=O)C2CC(=O)N(C)C2)n1. The summed E-state index contributed by atoms with van der Waals surface area (Å²) in [6.07, 6.45) is 0.230. The third kappa shape index (κ3) is 2.35. The van der Waals surface area contributed by atoms with E-state index in [0.717, 1.165) is 0 Å². The molecule has 1 fully saturated rings. The van der Waals surface area contributed by atoms with Gasteiger partial charge in [0.2, 0.25) is 17.8 Å². The van der Waals surface area contributed by atoms with Crippen LogP contribution in [-0.4, -0.2) is 52.6 Å². The molecule has 92 valence electrons. The van der Waals surface area contributed by atoms with Gasteiger partial charge in [-0.15, -0.1) is 5.10 Å². The van der Waals surface area contributed by atoms with Crippen LogP contribution in [0.5, 0.6) is 6.01 Å². The number of aromatic amines is 1. The molecule has 1 aliphatic rings. The number of amides is 2. The Balaban J connectivity index is 1.95. The monoisotopic (exact) mass is 239 g/mol. The fourth-order valence-corrected chi connectivity index (χ4v) is 1.65. The maximum atomic E-state index is 11.8. The molecule has 0 aromatic carbocycles. The number of aromatic nitrogens is 3. The molecular formula is C9H13N5O3. The van der Waals surface area contributed by atoms with Crippen molar-refractivity contribution in [1.82, 2.24) is 20.1 Å². The van der Waals surface area contributed by atoms with Gasteiger partial charge in [0, 0.05) is 20.0 Å². The van der Waals surface area contributed by atoms with E-state index in [2.05, 4.69) is 20.5 Å². The van der Waals surface area contributed by atoms with Gasteiger partial charge in [-0.3, -0.25) is 14.9 Å². The van der Waals surface area contributed by atoms with Crippen LogP contribution in [0.2, 0.25) is 0 Å². The molecule has 0 radical (unpaired) electrons. The second kappa shape index (κ2) is 4.40. The molecule has 0 bridgehead atoms. The highest BCUT2D eigenvalue weighted by Crippen LogP contribution is 2.17. The van der Waals surface area contributed by atoms with Crippen molar-refractivity contribution in [3.63, 3.8) is 0 Å². The van der Waals surface area contributed by atoms with Crippen molar-refractivity contribution < 1.29 is 14.3 Å². The molecule has 1 aromatic heterocycles. The highest BCUT2D eigenvalue weighted by atomic mass is 16.5. The minimum Gasteiger partial charge on any atom is -0.466 e. The molecule has 1 unspecified atom stereocenters. The summed E-state index contributed by atoms with van der Waals surface area (Å²) in [5, 5.41) is 8.76. The minimum atomic E-state index is -0.344. The van der Waals surface area contributed by atoms with Crippen LogP contribution in [-0.2, 0) is 9.59 Å². The number of methoxy groups -OCH3 is 1. The van der Waals surface area contributed by atoms with Gasteiger partial charge in [-0.1, -0.05) is 0 Å². The van der Waals surface area contributed by atoms with Crippen molar-refractivity contribution in [2.45, 2.75) is 6.42 Å². The van der Waals surface area contributed by atoms with E-state index < -0.39 is 0 Å². The van der Waals surface area contributed by atoms with E-state index in [9.17, 15) is 9.59 Å². The number of anilines is 1. The third-order valence-corrected chi connectivity index (χ3v) is 2.60. The van der Waals surface area contributed by atoms with Crippen LogP contribution >= 0.6 is 0 Å². The zero-order chi connectivity index (χ0) is 12.4. The number of H-pyrrole nitrogens is 1. The van der Waals surface area contributed by atoms with E-state index in [-0.39, 0.29) is 36.1 Å². The number of hydrogen-bond acceptors (Lipinski definition) is 5. The van der Waals surface area contributed by atoms with Gasteiger partial charge in [-0.05, 0) is 0 Å². The first-order valence-corrected chi connectivity index (χ1v) is 5.11. The Bertz CT molecular complexity index is 444. The lowest BCUT2D eigenvalue weighted by atomic mass is 10.1. The van der Waals surface area contributed by atoms with Crippen LogP contribution in [0.4, 0.5) is 5.95 Å². The third-order valence-electron chi connectivity index (χ3n) is 2.60. The fourth-order valence-electron chi connectivity index (χ4n) is 1.65. The molecule has 2 rings (SSSR count). The van der Waals surface area contributed by atoms with Crippen molar-refractivity contribution in [1.29, 1.82) is 0 Å². The van der Waals surface area contributed by atoms with Gasteiger partial charge in [0.15, 0.2) is 0 Å². The average molecular weight is 239 g/mol. The molecule has 2 N–H and O–H groups in total. The number of nitrogens with zero attached hydrogens (tertiary/aromatic N) is 3. The number of likely N-dealkylation sites (tertiary alicyclic amines) is 1.